The highest BCUT2D eigenvalue weighted by molar-refractivity contribution is 5.39. The third-order valence-electron chi connectivity index (χ3n) is 0.812. The second-order valence-electron chi connectivity index (χ2n) is 1.53. The fourth-order valence-corrected chi connectivity index (χ4v) is 0.491. The molecule has 0 bridgehead atoms. The van der Waals surface area contributed by atoms with Crippen LogP contribution in [0.5, 0.6) is 0 Å². The minimum absolute atomic E-state index is 1.01. The first kappa shape index (κ1) is 4.40. The normalized spacial score (nSPS) is 28.1. The fraction of sp³-hybridized carbons (Fsp3) is 0. The molecule has 1 unspecified atom stereocenters. The Bertz CT molecular complexity index is 124. The Morgan fingerprint density at radius 3 is 2.43 bits per heavy atom. The summed E-state index contributed by atoms with van der Waals surface area (Å²) in [5.41, 5.74) is 0. The highest BCUT2D eigenvalue weighted by atomic mass is 15.2. The highest BCUT2D eigenvalue weighted by Gasteiger charge is 1.92. The molecule has 0 spiro atoms. The van der Waals surface area contributed by atoms with E-state index in [1.165, 1.54) is 0 Å². The summed E-state index contributed by atoms with van der Waals surface area (Å²) in [5, 5.41) is 0. The van der Waals surface area contributed by atoms with E-state index in [4.69, 9.17) is 0 Å². The molecule has 0 aromatic carbocycles. The third-order valence-corrected chi connectivity index (χ3v) is 0.812. The van der Waals surface area contributed by atoms with Gasteiger partial charge in [-0.15, -0.1) is 7.05 Å². The largest absolute Gasteiger partial charge is 0.415 e. The molecule has 1 rings (SSSR count). The standard InChI is InChI=1S/C5H8N2/c1-6-3-4-7(2)5-6/h3-6H,1-2H2. The van der Waals surface area contributed by atoms with E-state index >= 15 is 0 Å². The maximum atomic E-state index is 3.68. The second-order valence-corrected chi connectivity index (χ2v) is 1.53. The fourth-order valence-electron chi connectivity index (χ4n) is 0.491. The van der Waals surface area contributed by atoms with Gasteiger partial charge in [-0.3, -0.25) is 4.58 Å². The minimum Gasteiger partial charge on any atom is -0.415 e. The molecule has 1 heterocycles. The molecule has 7 heavy (non-hydrogen) atoms. The van der Waals surface area contributed by atoms with Crippen LogP contribution in [0.1, 0.15) is 0 Å². The van der Waals surface area contributed by atoms with E-state index in [0.29, 0.717) is 0 Å². The molecule has 1 N–H and O–H groups in total. The molecule has 0 aromatic heterocycles. The van der Waals surface area contributed by atoms with Gasteiger partial charge in [0.25, 0.3) is 0 Å². The van der Waals surface area contributed by atoms with Gasteiger partial charge in [0.15, 0.2) is 0 Å². The van der Waals surface area contributed by atoms with Crippen molar-refractivity contribution >= 4 is 6.34 Å². The maximum Gasteiger partial charge on any atom is 0.211 e. The van der Waals surface area contributed by atoms with E-state index < -0.39 is 0 Å². The average molecular weight is 96.1 g/mol. The number of quaternary nitrogens is 1. The third kappa shape index (κ3) is 0.810. The molecule has 1 aliphatic heterocycles. The summed E-state index contributed by atoms with van der Waals surface area (Å²) in [5.74, 6) is 0. The maximum absolute atomic E-state index is 3.68. The molecular formula is C5H8N2. The van der Waals surface area contributed by atoms with E-state index in [1.807, 2.05) is 18.7 Å². The van der Waals surface area contributed by atoms with Gasteiger partial charge in [-0.25, -0.2) is 0 Å². The molecule has 0 radical (unpaired) electrons. The van der Waals surface area contributed by atoms with E-state index in [2.05, 4.69) is 14.1 Å². The van der Waals surface area contributed by atoms with Gasteiger partial charge < -0.3 is 4.90 Å². The lowest BCUT2D eigenvalue weighted by Crippen LogP contribution is -3.00. The van der Waals surface area contributed by atoms with Gasteiger partial charge in [0.1, 0.15) is 6.20 Å². The van der Waals surface area contributed by atoms with Crippen molar-refractivity contribution in [2.75, 3.05) is 0 Å². The highest BCUT2D eigenvalue weighted by Crippen LogP contribution is 1.69. The van der Waals surface area contributed by atoms with Crippen molar-refractivity contribution in [2.24, 2.45) is 0 Å². The molecule has 1 aliphatic rings. The predicted molar refractivity (Wildman–Crippen MR) is 27.1 cm³/mol. The molecule has 1 atom stereocenters. The molecule has 0 amide bonds. The van der Waals surface area contributed by atoms with Crippen LogP contribution in [0, 0.1) is 14.1 Å². The lowest BCUT2D eigenvalue weighted by molar-refractivity contribution is -0.693. The van der Waals surface area contributed by atoms with Crippen molar-refractivity contribution in [3.8, 4) is 0 Å². The summed E-state index contributed by atoms with van der Waals surface area (Å²) in [6.45, 7) is 0. The summed E-state index contributed by atoms with van der Waals surface area (Å²) in [4.78, 5) is 1.01. The SMILES string of the molecule is [CH2-][N+]1=C[NH+]([CH2-])C=C1. The molecular weight excluding hydrogens is 88.1 g/mol. The summed E-state index contributed by atoms with van der Waals surface area (Å²) >= 11 is 0. The minimum atomic E-state index is 1.01. The molecule has 2 nitrogen and oxygen atoms in total. The van der Waals surface area contributed by atoms with E-state index in [-0.39, 0.29) is 0 Å². The predicted octanol–water partition coefficient (Wildman–Crippen LogP) is -1.02. The topological polar surface area (TPSA) is 7.45 Å². The number of nitrogens with one attached hydrogen (secondary N) is 1. The average Bonchev–Trinajstić information content (AvgIpc) is 1.87. The first-order valence-corrected chi connectivity index (χ1v) is 2.10. The molecule has 0 saturated carbocycles. The Morgan fingerprint density at radius 1 is 1.57 bits per heavy atom. The zero-order chi connectivity index (χ0) is 5.28. The van der Waals surface area contributed by atoms with Gasteiger partial charge in [-0.2, -0.15) is 0 Å². The van der Waals surface area contributed by atoms with Gasteiger partial charge in [-0.05, 0) is 0 Å². The molecule has 0 saturated heterocycles. The van der Waals surface area contributed by atoms with Crippen LogP contribution in [0.2, 0.25) is 0 Å². The first-order valence-electron chi connectivity index (χ1n) is 2.10. The van der Waals surface area contributed by atoms with Crippen molar-refractivity contribution in [3.05, 3.63) is 26.5 Å². The van der Waals surface area contributed by atoms with Crippen LogP contribution in [0.3, 0.4) is 0 Å². The van der Waals surface area contributed by atoms with Gasteiger partial charge >= 0.3 is 0 Å². The van der Waals surface area contributed by atoms with Gasteiger partial charge in [0.05, 0.1) is 6.20 Å². The summed E-state index contributed by atoms with van der Waals surface area (Å²) < 4.78 is 1.72. The number of rotatable bonds is 0. The van der Waals surface area contributed by atoms with Crippen LogP contribution >= 0.6 is 0 Å². The van der Waals surface area contributed by atoms with Crippen LogP contribution in [-0.4, -0.2) is 10.9 Å². The molecule has 2 heteroatoms. The second kappa shape index (κ2) is 1.39. The number of hydrogen-bond donors (Lipinski definition) is 1. The lowest BCUT2D eigenvalue weighted by atomic mass is 10.8. The van der Waals surface area contributed by atoms with Crippen molar-refractivity contribution in [1.29, 1.82) is 0 Å². The van der Waals surface area contributed by atoms with Crippen LogP contribution in [0.4, 0.5) is 0 Å². The smallest absolute Gasteiger partial charge is 0.211 e. The molecule has 0 aliphatic carbocycles. The lowest BCUT2D eigenvalue weighted by Gasteiger charge is -1.99. The number of nitrogens with zero attached hydrogens (tertiary/aromatic N) is 1. The summed E-state index contributed by atoms with van der Waals surface area (Å²) in [6.07, 6.45) is 5.63. The summed E-state index contributed by atoms with van der Waals surface area (Å²) in [6, 6.07) is 0. The molecule has 38 valence electrons. The Balaban J connectivity index is 2.69. The van der Waals surface area contributed by atoms with Gasteiger partial charge in [0, 0.05) is 7.05 Å². The van der Waals surface area contributed by atoms with Crippen LogP contribution in [-0.2, 0) is 0 Å². The van der Waals surface area contributed by atoms with Crippen LogP contribution in [0.15, 0.2) is 12.4 Å². The Hall–Kier alpha value is -0.760. The van der Waals surface area contributed by atoms with Gasteiger partial charge in [-0.1, -0.05) is 0 Å². The van der Waals surface area contributed by atoms with E-state index in [9.17, 15) is 0 Å². The van der Waals surface area contributed by atoms with Crippen molar-refractivity contribution in [1.82, 2.24) is 0 Å². The Kier molecular flexibility index (Phi) is 0.872. The first-order chi connectivity index (χ1) is 3.29. The van der Waals surface area contributed by atoms with Gasteiger partial charge in [0.2, 0.25) is 6.34 Å². The summed E-state index contributed by atoms with van der Waals surface area (Å²) in [7, 11) is 7.30. The van der Waals surface area contributed by atoms with E-state index in [0.717, 1.165) is 4.90 Å². The van der Waals surface area contributed by atoms with Crippen molar-refractivity contribution in [2.45, 2.75) is 0 Å². The Morgan fingerprint density at radius 2 is 2.29 bits per heavy atom. The zero-order valence-electron chi connectivity index (χ0n) is 4.09. The zero-order valence-corrected chi connectivity index (χ0v) is 4.09. The van der Waals surface area contributed by atoms with Crippen molar-refractivity contribution < 1.29 is 9.48 Å². The molecule has 0 aromatic rings. The van der Waals surface area contributed by atoms with E-state index in [1.54, 1.807) is 4.58 Å². The van der Waals surface area contributed by atoms with Crippen LogP contribution in [0.25, 0.3) is 0 Å². The number of hydrogen-bond acceptors (Lipinski definition) is 0. The quantitative estimate of drug-likeness (QED) is 0.291. The van der Waals surface area contributed by atoms with Crippen LogP contribution < -0.4 is 4.90 Å². The molecule has 0 fully saturated rings. The Labute approximate surface area is 43.4 Å². The van der Waals surface area contributed by atoms with Crippen molar-refractivity contribution in [3.63, 3.8) is 0 Å². The monoisotopic (exact) mass is 96.1 g/mol.